The fourth-order valence-corrected chi connectivity index (χ4v) is 2.42. The Morgan fingerprint density at radius 2 is 1.77 bits per heavy atom. The molecule has 7 heteroatoms. The minimum Gasteiger partial charge on any atom is -0.255 e. The lowest BCUT2D eigenvalue weighted by molar-refractivity contribution is 0.0568. The second-order valence-electron chi connectivity index (χ2n) is 4.51. The van der Waals surface area contributed by atoms with Crippen LogP contribution in [0, 0.1) is 5.82 Å². The highest BCUT2D eigenvalue weighted by atomic mass is 79.9. The number of benzene rings is 1. The average Bonchev–Trinajstić information content (AvgIpc) is 2.99. The van der Waals surface area contributed by atoms with Crippen molar-refractivity contribution in [2.75, 3.05) is 0 Å². The van der Waals surface area contributed by atoms with Crippen LogP contribution in [0.1, 0.15) is 6.55 Å². The second-order valence-corrected chi connectivity index (χ2v) is 5.37. The van der Waals surface area contributed by atoms with Crippen LogP contribution in [-0.2, 0) is 0 Å². The largest absolute Gasteiger partial charge is 0.333 e. The topological polar surface area (TPSA) is 30.7 Å². The van der Waals surface area contributed by atoms with E-state index in [1.165, 1.54) is 24.4 Å². The Morgan fingerprint density at radius 3 is 2.41 bits per heavy atom. The maximum Gasteiger partial charge on any atom is 0.333 e. The molecule has 0 spiro atoms. The molecule has 0 saturated carbocycles. The Morgan fingerprint density at radius 1 is 1.05 bits per heavy atom. The zero-order valence-electron chi connectivity index (χ0n) is 11.0. The fourth-order valence-electron chi connectivity index (χ4n) is 2.00. The summed E-state index contributed by atoms with van der Waals surface area (Å²) in [5, 5.41) is 3.84. The van der Waals surface area contributed by atoms with Gasteiger partial charge in [0.1, 0.15) is 5.82 Å². The molecular weight excluding hydrogens is 359 g/mol. The molecule has 112 valence electrons. The van der Waals surface area contributed by atoms with E-state index in [1.54, 1.807) is 24.4 Å². The highest BCUT2D eigenvalue weighted by Gasteiger charge is 2.13. The Balaban J connectivity index is 2.04. The molecule has 1 aromatic carbocycles. The summed E-state index contributed by atoms with van der Waals surface area (Å²) in [7, 11) is 0. The first-order valence-corrected chi connectivity index (χ1v) is 7.09. The lowest BCUT2D eigenvalue weighted by atomic mass is 10.1. The molecule has 2 aromatic heterocycles. The predicted molar refractivity (Wildman–Crippen MR) is 79.8 cm³/mol. The van der Waals surface area contributed by atoms with E-state index in [2.05, 4.69) is 26.0 Å². The van der Waals surface area contributed by atoms with Crippen molar-refractivity contribution < 1.29 is 13.2 Å². The maximum atomic E-state index is 13.0. The molecule has 22 heavy (non-hydrogen) atoms. The molecule has 0 unspecified atom stereocenters. The smallest absolute Gasteiger partial charge is 0.255 e. The van der Waals surface area contributed by atoms with E-state index < -0.39 is 6.55 Å². The first kappa shape index (κ1) is 14.8. The van der Waals surface area contributed by atoms with Gasteiger partial charge in [0.15, 0.2) is 0 Å². The van der Waals surface area contributed by atoms with E-state index in [0.29, 0.717) is 26.1 Å². The number of hydrogen-bond acceptors (Lipinski definition) is 2. The van der Waals surface area contributed by atoms with E-state index in [-0.39, 0.29) is 5.82 Å². The SMILES string of the molecule is Fc1ccc(-c2cc(-c3ccn(C(F)F)n3)c(Br)cn2)cc1. The Hall–Kier alpha value is -2.15. The van der Waals surface area contributed by atoms with Crippen molar-refractivity contribution in [2.24, 2.45) is 0 Å². The van der Waals surface area contributed by atoms with Crippen molar-refractivity contribution >= 4 is 15.9 Å². The lowest BCUT2D eigenvalue weighted by Gasteiger charge is -2.06. The van der Waals surface area contributed by atoms with Crippen molar-refractivity contribution in [1.82, 2.24) is 14.8 Å². The molecule has 0 radical (unpaired) electrons. The Labute approximate surface area is 132 Å². The second kappa shape index (κ2) is 5.92. The summed E-state index contributed by atoms with van der Waals surface area (Å²) < 4.78 is 39.4. The summed E-state index contributed by atoms with van der Waals surface area (Å²) in [5.74, 6) is -0.336. The van der Waals surface area contributed by atoms with Crippen LogP contribution in [-0.4, -0.2) is 14.8 Å². The quantitative estimate of drug-likeness (QED) is 0.658. The van der Waals surface area contributed by atoms with Crippen molar-refractivity contribution in [3.05, 3.63) is 59.1 Å². The number of pyridine rings is 1. The van der Waals surface area contributed by atoms with E-state index in [4.69, 9.17) is 0 Å². The molecule has 3 aromatic rings. The zero-order valence-corrected chi connectivity index (χ0v) is 12.6. The molecule has 0 aliphatic rings. The normalized spacial score (nSPS) is 11.1. The van der Waals surface area contributed by atoms with Crippen molar-refractivity contribution in [3.8, 4) is 22.5 Å². The fraction of sp³-hybridized carbons (Fsp3) is 0.0667. The highest BCUT2D eigenvalue weighted by molar-refractivity contribution is 9.10. The van der Waals surface area contributed by atoms with Crippen LogP contribution in [0.2, 0.25) is 0 Å². The van der Waals surface area contributed by atoms with Gasteiger partial charge in [-0.2, -0.15) is 13.9 Å². The van der Waals surface area contributed by atoms with Crippen LogP contribution in [0.15, 0.2) is 53.3 Å². The highest BCUT2D eigenvalue weighted by Crippen LogP contribution is 2.30. The summed E-state index contributed by atoms with van der Waals surface area (Å²) in [6.07, 6.45) is 2.78. The number of alkyl halides is 2. The third-order valence-corrected chi connectivity index (χ3v) is 3.71. The van der Waals surface area contributed by atoms with E-state index in [0.717, 1.165) is 5.56 Å². The Kier molecular flexibility index (Phi) is 3.98. The van der Waals surface area contributed by atoms with Gasteiger partial charge in [-0.25, -0.2) is 9.07 Å². The van der Waals surface area contributed by atoms with Crippen LogP contribution in [0.4, 0.5) is 13.2 Å². The van der Waals surface area contributed by atoms with E-state index in [1.807, 2.05) is 0 Å². The molecule has 0 N–H and O–H groups in total. The van der Waals surface area contributed by atoms with Crippen LogP contribution < -0.4 is 0 Å². The molecule has 0 fully saturated rings. The van der Waals surface area contributed by atoms with Crippen LogP contribution >= 0.6 is 15.9 Å². The molecule has 0 saturated heterocycles. The molecule has 3 rings (SSSR count). The van der Waals surface area contributed by atoms with Gasteiger partial charge >= 0.3 is 6.55 Å². The number of aromatic nitrogens is 3. The number of halogens is 4. The number of hydrogen-bond donors (Lipinski definition) is 0. The van der Waals surface area contributed by atoms with Gasteiger partial charge in [0, 0.05) is 28.0 Å². The maximum absolute atomic E-state index is 13.0. The molecular formula is C15H9BrF3N3. The van der Waals surface area contributed by atoms with Gasteiger partial charge in [0.25, 0.3) is 0 Å². The first-order chi connectivity index (χ1) is 10.5. The minimum absolute atomic E-state index is 0.336. The average molecular weight is 368 g/mol. The summed E-state index contributed by atoms with van der Waals surface area (Å²) >= 11 is 3.34. The molecule has 2 heterocycles. The first-order valence-electron chi connectivity index (χ1n) is 6.30. The van der Waals surface area contributed by atoms with E-state index in [9.17, 15) is 13.2 Å². The molecule has 0 aliphatic carbocycles. The van der Waals surface area contributed by atoms with Crippen LogP contribution in [0.5, 0.6) is 0 Å². The van der Waals surface area contributed by atoms with Gasteiger partial charge < -0.3 is 0 Å². The Bertz CT molecular complexity index is 800. The molecule has 3 nitrogen and oxygen atoms in total. The third-order valence-electron chi connectivity index (χ3n) is 3.08. The molecule has 0 amide bonds. The summed E-state index contributed by atoms with van der Waals surface area (Å²) in [4.78, 5) is 4.25. The molecule has 0 aliphatic heterocycles. The van der Waals surface area contributed by atoms with Gasteiger partial charge in [0.2, 0.25) is 0 Å². The predicted octanol–water partition coefficient (Wildman–Crippen LogP) is 4.91. The summed E-state index contributed by atoms with van der Waals surface area (Å²) in [6, 6.07) is 9.10. The lowest BCUT2D eigenvalue weighted by Crippen LogP contribution is -1.98. The van der Waals surface area contributed by atoms with Crippen LogP contribution in [0.25, 0.3) is 22.5 Å². The van der Waals surface area contributed by atoms with E-state index >= 15 is 0 Å². The zero-order chi connectivity index (χ0) is 15.7. The van der Waals surface area contributed by atoms with Gasteiger partial charge in [-0.3, -0.25) is 4.98 Å². The minimum atomic E-state index is -2.69. The number of rotatable bonds is 3. The van der Waals surface area contributed by atoms with Gasteiger partial charge in [-0.05, 0) is 52.3 Å². The van der Waals surface area contributed by atoms with Crippen LogP contribution in [0.3, 0.4) is 0 Å². The van der Waals surface area contributed by atoms with Crippen molar-refractivity contribution in [2.45, 2.75) is 6.55 Å². The summed E-state index contributed by atoms with van der Waals surface area (Å²) in [5.41, 5.74) is 2.36. The van der Waals surface area contributed by atoms with Gasteiger partial charge in [-0.15, -0.1) is 0 Å². The van der Waals surface area contributed by atoms with Gasteiger partial charge in [0.05, 0.1) is 11.4 Å². The monoisotopic (exact) mass is 367 g/mol. The van der Waals surface area contributed by atoms with Gasteiger partial charge in [-0.1, -0.05) is 0 Å². The molecule has 0 atom stereocenters. The molecule has 0 bridgehead atoms. The number of nitrogens with zero attached hydrogens (tertiary/aromatic N) is 3. The standard InChI is InChI=1S/C15H9BrF3N3/c16-12-8-20-14(9-1-3-10(17)4-2-9)7-11(12)13-5-6-22(21-13)15(18)19/h1-8,15H. The summed E-state index contributed by atoms with van der Waals surface area (Å²) in [6.45, 7) is -2.69. The van der Waals surface area contributed by atoms with Crippen molar-refractivity contribution in [1.29, 1.82) is 0 Å². The van der Waals surface area contributed by atoms with Crippen molar-refractivity contribution in [3.63, 3.8) is 0 Å². The third kappa shape index (κ3) is 2.89.